The molecule has 0 bridgehead atoms. The van der Waals surface area contributed by atoms with E-state index < -0.39 is 0 Å². The minimum atomic E-state index is -0.00363. The van der Waals surface area contributed by atoms with Crippen molar-refractivity contribution in [2.45, 2.75) is 58.1 Å². The van der Waals surface area contributed by atoms with E-state index in [4.69, 9.17) is 9.47 Å². The second-order valence-corrected chi connectivity index (χ2v) is 9.05. The lowest BCUT2D eigenvalue weighted by Gasteiger charge is -2.39. The molecule has 1 unspecified atom stereocenters. The molecule has 0 amide bonds. The summed E-state index contributed by atoms with van der Waals surface area (Å²) in [4.78, 5) is 1.64. The van der Waals surface area contributed by atoms with Gasteiger partial charge >= 0.3 is 0 Å². The first-order valence-electron chi connectivity index (χ1n) is 11.2. The van der Waals surface area contributed by atoms with Crippen LogP contribution in [0.1, 0.15) is 57.1 Å². The zero-order valence-corrected chi connectivity index (χ0v) is 18.6. The molecule has 3 nitrogen and oxygen atoms in total. The van der Waals surface area contributed by atoms with E-state index in [-0.39, 0.29) is 5.60 Å². The Morgan fingerprint density at radius 2 is 1.83 bits per heavy atom. The summed E-state index contributed by atoms with van der Waals surface area (Å²) in [6.45, 7) is 11.1. The highest BCUT2D eigenvalue weighted by molar-refractivity contribution is 5.26. The smallest absolute Gasteiger partial charge is 0.118 e. The van der Waals surface area contributed by atoms with Crippen molar-refractivity contribution in [3.63, 3.8) is 0 Å². The van der Waals surface area contributed by atoms with Gasteiger partial charge in [-0.25, -0.2) is 0 Å². The fourth-order valence-electron chi connectivity index (χ4n) is 4.78. The number of quaternary nitrogens is 1. The van der Waals surface area contributed by atoms with Gasteiger partial charge in [0.2, 0.25) is 0 Å². The summed E-state index contributed by atoms with van der Waals surface area (Å²) in [5, 5.41) is 0. The third kappa shape index (κ3) is 6.32. The third-order valence-corrected chi connectivity index (χ3v) is 6.45. The Kier molecular flexibility index (Phi) is 7.74. The minimum absolute atomic E-state index is 0.00363. The molecule has 3 heteroatoms. The summed E-state index contributed by atoms with van der Waals surface area (Å²) in [5.74, 6) is 2.23. The van der Waals surface area contributed by atoms with Gasteiger partial charge in [0.1, 0.15) is 12.3 Å². The molecule has 2 aromatic carbocycles. The molecular formula is C26H38NO2+. The molecule has 1 aliphatic heterocycles. The van der Waals surface area contributed by atoms with E-state index in [1.54, 1.807) is 12.0 Å². The van der Waals surface area contributed by atoms with Gasteiger partial charge in [-0.15, -0.1) is 0 Å². The molecule has 158 valence electrons. The molecule has 29 heavy (non-hydrogen) atoms. The normalized spacial score (nSPS) is 20.8. The molecular weight excluding hydrogens is 358 g/mol. The molecule has 0 saturated carbocycles. The Bertz CT molecular complexity index is 726. The lowest BCUT2D eigenvalue weighted by molar-refractivity contribution is -0.912. The molecule has 2 aromatic rings. The van der Waals surface area contributed by atoms with Crippen LogP contribution in [0.4, 0.5) is 0 Å². The van der Waals surface area contributed by atoms with Gasteiger partial charge in [-0.2, -0.15) is 0 Å². The Morgan fingerprint density at radius 3 is 2.45 bits per heavy atom. The molecule has 0 aromatic heterocycles. The summed E-state index contributed by atoms with van der Waals surface area (Å²) >= 11 is 0. The number of ether oxygens (including phenoxy) is 2. The van der Waals surface area contributed by atoms with E-state index in [0.717, 1.165) is 31.9 Å². The third-order valence-electron chi connectivity index (χ3n) is 6.45. The predicted octanol–water partition coefficient (Wildman–Crippen LogP) is 4.48. The maximum absolute atomic E-state index is 6.01. The van der Waals surface area contributed by atoms with Crippen molar-refractivity contribution in [1.29, 1.82) is 0 Å². The van der Waals surface area contributed by atoms with Crippen LogP contribution in [-0.2, 0) is 11.3 Å². The lowest BCUT2D eigenvalue weighted by Crippen LogP contribution is -3.10. The second kappa shape index (κ2) is 10.3. The molecule has 1 fully saturated rings. The number of methoxy groups -OCH3 is 1. The van der Waals surface area contributed by atoms with Crippen LogP contribution in [0, 0.1) is 5.92 Å². The zero-order chi connectivity index (χ0) is 20.7. The summed E-state index contributed by atoms with van der Waals surface area (Å²) in [7, 11) is 1.72. The second-order valence-electron chi connectivity index (χ2n) is 9.05. The summed E-state index contributed by atoms with van der Waals surface area (Å²) in [5.41, 5.74) is 2.87. The topological polar surface area (TPSA) is 22.9 Å². The number of nitrogens with one attached hydrogen (secondary N) is 1. The highest BCUT2D eigenvalue weighted by Gasteiger charge is 2.34. The fraction of sp³-hybridized carbons (Fsp3) is 0.538. The van der Waals surface area contributed by atoms with Crippen LogP contribution in [0.25, 0.3) is 0 Å². The van der Waals surface area contributed by atoms with Crippen LogP contribution in [0.15, 0.2) is 54.6 Å². The standard InChI is InChI=1S/C26H37NO2/c1-5-27(20-21-11-13-24(28-4)14-12-21)17-15-25(22-9-7-6-8-10-22)23-16-18-29-26(2,3)19-23/h6-14,23,25H,5,15-20H2,1-4H3/p+1/t23-,25-/m1/s1. The van der Waals surface area contributed by atoms with Crippen LogP contribution in [-0.4, -0.2) is 32.4 Å². The van der Waals surface area contributed by atoms with Crippen molar-refractivity contribution in [3.05, 3.63) is 65.7 Å². The Hall–Kier alpha value is -1.84. The van der Waals surface area contributed by atoms with Crippen molar-refractivity contribution in [2.24, 2.45) is 5.92 Å². The number of rotatable bonds is 9. The van der Waals surface area contributed by atoms with Gasteiger partial charge in [-0.3, -0.25) is 0 Å². The van der Waals surface area contributed by atoms with Crippen molar-refractivity contribution < 1.29 is 14.4 Å². The van der Waals surface area contributed by atoms with Crippen LogP contribution in [0.5, 0.6) is 5.75 Å². The first kappa shape index (κ1) is 21.9. The highest BCUT2D eigenvalue weighted by atomic mass is 16.5. The van der Waals surface area contributed by atoms with Crippen LogP contribution in [0.3, 0.4) is 0 Å². The Morgan fingerprint density at radius 1 is 1.10 bits per heavy atom. The van der Waals surface area contributed by atoms with E-state index in [0.29, 0.717) is 11.8 Å². The zero-order valence-electron chi connectivity index (χ0n) is 18.6. The average molecular weight is 397 g/mol. The van der Waals surface area contributed by atoms with Crippen molar-refractivity contribution >= 4 is 0 Å². The largest absolute Gasteiger partial charge is 0.497 e. The summed E-state index contributed by atoms with van der Waals surface area (Å²) in [6.07, 6.45) is 3.54. The molecule has 1 heterocycles. The van der Waals surface area contributed by atoms with E-state index in [1.807, 2.05) is 0 Å². The van der Waals surface area contributed by atoms with Gasteiger partial charge in [-0.05, 0) is 75.3 Å². The first-order chi connectivity index (χ1) is 14.0. The van der Waals surface area contributed by atoms with Gasteiger partial charge in [-0.1, -0.05) is 30.3 Å². The summed E-state index contributed by atoms with van der Waals surface area (Å²) in [6, 6.07) is 19.7. The molecule has 1 N–H and O–H groups in total. The monoisotopic (exact) mass is 396 g/mol. The van der Waals surface area contributed by atoms with Gasteiger partial charge in [0, 0.05) is 18.6 Å². The molecule has 0 radical (unpaired) electrons. The van der Waals surface area contributed by atoms with Crippen LogP contribution in [0.2, 0.25) is 0 Å². The molecule has 1 aliphatic rings. The number of hydrogen-bond donors (Lipinski definition) is 1. The van der Waals surface area contributed by atoms with Gasteiger partial charge in [0.05, 0.1) is 25.8 Å². The van der Waals surface area contributed by atoms with Gasteiger partial charge in [0.25, 0.3) is 0 Å². The van der Waals surface area contributed by atoms with Crippen molar-refractivity contribution in [1.82, 2.24) is 0 Å². The molecule has 0 aliphatic carbocycles. The Balaban J connectivity index is 1.67. The van der Waals surface area contributed by atoms with Crippen LogP contribution < -0.4 is 9.64 Å². The maximum atomic E-state index is 6.01. The van der Waals surface area contributed by atoms with Gasteiger partial charge < -0.3 is 14.4 Å². The molecule has 0 spiro atoms. The fourth-order valence-corrected chi connectivity index (χ4v) is 4.78. The SMILES string of the molecule is CC[NH+](CC[C@H](c1ccccc1)[C@@H]1CCOC(C)(C)C1)Cc1ccc(OC)cc1. The molecule has 1 saturated heterocycles. The van der Waals surface area contributed by atoms with E-state index in [2.05, 4.69) is 75.4 Å². The van der Waals surface area contributed by atoms with Crippen LogP contribution >= 0.6 is 0 Å². The quantitative estimate of drug-likeness (QED) is 0.675. The molecule has 3 atom stereocenters. The van der Waals surface area contributed by atoms with E-state index >= 15 is 0 Å². The van der Waals surface area contributed by atoms with E-state index in [1.165, 1.54) is 30.5 Å². The number of hydrogen-bond acceptors (Lipinski definition) is 2. The van der Waals surface area contributed by atoms with Crippen molar-refractivity contribution in [2.75, 3.05) is 26.8 Å². The maximum Gasteiger partial charge on any atom is 0.118 e. The minimum Gasteiger partial charge on any atom is -0.497 e. The number of benzene rings is 2. The molecule has 3 rings (SSSR count). The highest BCUT2D eigenvalue weighted by Crippen LogP contribution is 2.39. The van der Waals surface area contributed by atoms with Crippen molar-refractivity contribution in [3.8, 4) is 5.75 Å². The van der Waals surface area contributed by atoms with E-state index in [9.17, 15) is 0 Å². The average Bonchev–Trinajstić information content (AvgIpc) is 2.73. The lowest BCUT2D eigenvalue weighted by atomic mass is 9.75. The van der Waals surface area contributed by atoms with Gasteiger partial charge in [0.15, 0.2) is 0 Å². The first-order valence-corrected chi connectivity index (χ1v) is 11.2. The summed E-state index contributed by atoms with van der Waals surface area (Å²) < 4.78 is 11.3. The Labute approximate surface area is 177 Å². The predicted molar refractivity (Wildman–Crippen MR) is 120 cm³/mol.